The van der Waals surface area contributed by atoms with Crippen LogP contribution in [0.1, 0.15) is 67.7 Å². The van der Waals surface area contributed by atoms with Crippen molar-refractivity contribution < 1.29 is 0 Å². The molecule has 4 atom stereocenters. The Balaban J connectivity index is 2.72. The molecular formula is C17H32. The van der Waals surface area contributed by atoms with E-state index in [4.69, 9.17) is 0 Å². The largest absolute Gasteiger partial charge is 0.0849 e. The first-order chi connectivity index (χ1) is 7.84. The van der Waals surface area contributed by atoms with Gasteiger partial charge in [0.2, 0.25) is 0 Å². The van der Waals surface area contributed by atoms with Gasteiger partial charge in [0.15, 0.2) is 0 Å². The molecule has 0 aromatic rings. The molecular weight excluding hydrogens is 204 g/mol. The fourth-order valence-electron chi connectivity index (χ4n) is 3.71. The zero-order valence-electron chi connectivity index (χ0n) is 13.0. The van der Waals surface area contributed by atoms with Crippen molar-refractivity contribution in [3.8, 4) is 0 Å². The summed E-state index contributed by atoms with van der Waals surface area (Å²) in [5, 5.41) is 0. The van der Waals surface area contributed by atoms with E-state index in [0.29, 0.717) is 10.8 Å². The highest BCUT2D eigenvalue weighted by atomic mass is 14.7. The van der Waals surface area contributed by atoms with E-state index in [-0.39, 0.29) is 0 Å². The molecule has 1 aliphatic carbocycles. The highest BCUT2D eigenvalue weighted by molar-refractivity contribution is 5.25. The van der Waals surface area contributed by atoms with Gasteiger partial charge in [0.1, 0.15) is 0 Å². The maximum Gasteiger partial charge on any atom is -0.00562 e. The Labute approximate surface area is 109 Å². The van der Waals surface area contributed by atoms with Gasteiger partial charge in [-0.05, 0) is 41.4 Å². The normalized spacial score (nSPS) is 38.9. The van der Waals surface area contributed by atoms with Crippen molar-refractivity contribution >= 4 is 0 Å². The molecule has 4 unspecified atom stereocenters. The van der Waals surface area contributed by atoms with Gasteiger partial charge in [-0.3, -0.25) is 0 Å². The minimum absolute atomic E-state index is 0.433. The topological polar surface area (TPSA) is 0 Å². The van der Waals surface area contributed by atoms with Crippen molar-refractivity contribution in [1.29, 1.82) is 0 Å². The Morgan fingerprint density at radius 1 is 1.18 bits per heavy atom. The Morgan fingerprint density at radius 2 is 1.76 bits per heavy atom. The van der Waals surface area contributed by atoms with E-state index in [1.165, 1.54) is 19.3 Å². The quantitative estimate of drug-likeness (QED) is 0.520. The summed E-state index contributed by atoms with van der Waals surface area (Å²) in [6.07, 6.45) is 8.98. The van der Waals surface area contributed by atoms with Crippen LogP contribution < -0.4 is 0 Å². The van der Waals surface area contributed by atoms with Gasteiger partial charge in [-0.2, -0.15) is 0 Å². The van der Waals surface area contributed by atoms with Crippen molar-refractivity contribution in [3.63, 3.8) is 0 Å². The molecule has 0 spiro atoms. The lowest BCUT2D eigenvalue weighted by Crippen LogP contribution is -2.13. The predicted molar refractivity (Wildman–Crippen MR) is 78.0 cm³/mol. The van der Waals surface area contributed by atoms with Crippen molar-refractivity contribution in [2.75, 3.05) is 0 Å². The van der Waals surface area contributed by atoms with Crippen LogP contribution in [0.3, 0.4) is 0 Å². The zero-order chi connectivity index (χ0) is 13.3. The van der Waals surface area contributed by atoms with Crippen LogP contribution in [0.2, 0.25) is 0 Å². The van der Waals surface area contributed by atoms with E-state index in [2.05, 4.69) is 60.6 Å². The van der Waals surface area contributed by atoms with Gasteiger partial charge in [0, 0.05) is 0 Å². The molecule has 1 aliphatic rings. The summed E-state index contributed by atoms with van der Waals surface area (Å²) in [6.45, 7) is 16.7. The average molecular weight is 236 g/mol. The molecule has 0 aromatic carbocycles. The second-order valence-corrected chi connectivity index (χ2v) is 6.76. The molecule has 1 fully saturated rings. The molecule has 0 N–H and O–H groups in total. The number of rotatable bonds is 6. The van der Waals surface area contributed by atoms with Gasteiger partial charge in [-0.1, -0.05) is 67.0 Å². The zero-order valence-corrected chi connectivity index (χ0v) is 13.0. The minimum atomic E-state index is 0.433. The van der Waals surface area contributed by atoms with E-state index < -0.39 is 0 Å². The molecule has 17 heavy (non-hydrogen) atoms. The van der Waals surface area contributed by atoms with E-state index in [1.54, 1.807) is 0 Å². The molecule has 0 saturated heterocycles. The first-order valence-corrected chi connectivity index (χ1v) is 7.53. The Hall–Kier alpha value is -0.260. The lowest BCUT2D eigenvalue weighted by molar-refractivity contribution is 0.319. The monoisotopic (exact) mass is 236 g/mol. The second kappa shape index (κ2) is 5.16. The van der Waals surface area contributed by atoms with Crippen LogP contribution in [0.4, 0.5) is 0 Å². The van der Waals surface area contributed by atoms with Gasteiger partial charge >= 0.3 is 0 Å². The van der Waals surface area contributed by atoms with Crippen LogP contribution in [0.5, 0.6) is 0 Å². The van der Waals surface area contributed by atoms with E-state index in [1.807, 2.05) is 0 Å². The summed E-state index contributed by atoms with van der Waals surface area (Å²) in [5.74, 6) is 2.39. The van der Waals surface area contributed by atoms with Crippen LogP contribution in [0, 0.1) is 28.6 Å². The second-order valence-electron chi connectivity index (χ2n) is 6.76. The molecule has 100 valence electrons. The summed E-state index contributed by atoms with van der Waals surface area (Å²) in [7, 11) is 0. The molecule has 0 aromatic heterocycles. The van der Waals surface area contributed by atoms with Gasteiger partial charge in [-0.15, -0.1) is 0 Å². The van der Waals surface area contributed by atoms with Crippen LogP contribution >= 0.6 is 0 Å². The van der Waals surface area contributed by atoms with Crippen molar-refractivity contribution in [3.05, 3.63) is 12.2 Å². The fraction of sp³-hybridized carbons (Fsp3) is 0.882. The number of hydrogen-bond acceptors (Lipinski definition) is 0. The lowest BCUT2D eigenvalue weighted by Gasteiger charge is -2.20. The highest BCUT2D eigenvalue weighted by Gasteiger charge is 2.67. The number of allylic oxidation sites excluding steroid dienone is 2. The number of hydrogen-bond donors (Lipinski definition) is 0. The maximum absolute atomic E-state index is 2.54. The molecule has 0 heteroatoms. The first-order valence-electron chi connectivity index (χ1n) is 7.53. The van der Waals surface area contributed by atoms with E-state index in [9.17, 15) is 0 Å². The summed E-state index contributed by atoms with van der Waals surface area (Å²) in [4.78, 5) is 0. The van der Waals surface area contributed by atoms with Crippen LogP contribution in [0.15, 0.2) is 12.2 Å². The van der Waals surface area contributed by atoms with E-state index >= 15 is 0 Å². The molecule has 0 nitrogen and oxygen atoms in total. The summed E-state index contributed by atoms with van der Waals surface area (Å²) >= 11 is 0. The van der Waals surface area contributed by atoms with Crippen LogP contribution in [-0.4, -0.2) is 0 Å². The highest BCUT2D eigenvalue weighted by Crippen LogP contribution is 2.72. The van der Waals surface area contributed by atoms with Crippen LogP contribution in [-0.2, 0) is 0 Å². The van der Waals surface area contributed by atoms with Crippen molar-refractivity contribution in [2.45, 2.75) is 67.7 Å². The third-order valence-electron chi connectivity index (χ3n) is 5.97. The fourth-order valence-corrected chi connectivity index (χ4v) is 3.71. The molecule has 0 radical (unpaired) electrons. The third kappa shape index (κ3) is 2.33. The third-order valence-corrected chi connectivity index (χ3v) is 5.97. The smallest absolute Gasteiger partial charge is 0.00562 e. The molecule has 0 aliphatic heterocycles. The van der Waals surface area contributed by atoms with Crippen LogP contribution in [0.25, 0.3) is 0 Å². The minimum Gasteiger partial charge on any atom is -0.0849 e. The van der Waals surface area contributed by atoms with E-state index in [0.717, 1.165) is 17.8 Å². The first kappa shape index (κ1) is 14.8. The van der Waals surface area contributed by atoms with Gasteiger partial charge in [0.25, 0.3) is 0 Å². The lowest BCUT2D eigenvalue weighted by atomic mass is 9.84. The summed E-state index contributed by atoms with van der Waals surface area (Å²) < 4.78 is 0. The summed E-state index contributed by atoms with van der Waals surface area (Å²) in [6, 6.07) is 0. The average Bonchev–Trinajstić information content (AvgIpc) is 2.73. The van der Waals surface area contributed by atoms with Gasteiger partial charge in [-0.25, -0.2) is 0 Å². The van der Waals surface area contributed by atoms with Crippen molar-refractivity contribution in [2.24, 2.45) is 28.6 Å². The molecule has 0 amide bonds. The molecule has 0 bridgehead atoms. The SMILES string of the molecule is CCCC(C=CC1(C)C(C)C1(C)C(C)C)CC. The van der Waals surface area contributed by atoms with Gasteiger partial charge < -0.3 is 0 Å². The maximum atomic E-state index is 2.54. The molecule has 1 saturated carbocycles. The Morgan fingerprint density at radius 3 is 2.12 bits per heavy atom. The standard InChI is InChI=1S/C17H32/c1-8-10-15(9-2)11-12-16(6)14(5)17(16,7)13(3)4/h11-15H,8-10H2,1-7H3. The Kier molecular flexibility index (Phi) is 4.49. The predicted octanol–water partition coefficient (Wildman–Crippen LogP) is 5.69. The molecule has 1 rings (SSSR count). The molecule has 0 heterocycles. The van der Waals surface area contributed by atoms with Crippen molar-refractivity contribution in [1.82, 2.24) is 0 Å². The Bertz CT molecular complexity index is 276. The summed E-state index contributed by atoms with van der Waals surface area (Å²) in [5.41, 5.74) is 0.941. The van der Waals surface area contributed by atoms with Gasteiger partial charge in [0.05, 0.1) is 0 Å².